The predicted octanol–water partition coefficient (Wildman–Crippen LogP) is 2.80. The van der Waals surface area contributed by atoms with E-state index in [-0.39, 0.29) is 0 Å². The molecule has 0 radical (unpaired) electrons. The molecule has 0 bridgehead atoms. The Kier molecular flexibility index (Phi) is 6.46. The molecule has 0 aliphatic heterocycles. The number of carbonyl (C=O) groups is 1. The van der Waals surface area contributed by atoms with Crippen LogP contribution in [0.2, 0.25) is 0 Å². The van der Waals surface area contributed by atoms with Gasteiger partial charge >= 0.3 is 5.97 Å². The molecule has 0 saturated heterocycles. The summed E-state index contributed by atoms with van der Waals surface area (Å²) in [5, 5.41) is 12.1. The van der Waals surface area contributed by atoms with Crippen molar-refractivity contribution in [1.29, 1.82) is 0 Å². The van der Waals surface area contributed by atoms with Crippen LogP contribution in [0.4, 0.5) is 0 Å². The highest BCUT2D eigenvalue weighted by atomic mass is 16.4. The van der Waals surface area contributed by atoms with Crippen molar-refractivity contribution >= 4 is 5.97 Å². The Labute approximate surface area is 98.6 Å². The Bertz CT molecular complexity index is 202. The van der Waals surface area contributed by atoms with Gasteiger partial charge in [0.2, 0.25) is 0 Å². The van der Waals surface area contributed by atoms with Gasteiger partial charge in [-0.2, -0.15) is 0 Å². The number of hydrogen-bond acceptors (Lipinski definition) is 2. The van der Waals surface area contributed by atoms with Crippen molar-refractivity contribution in [2.75, 3.05) is 6.54 Å². The molecule has 16 heavy (non-hydrogen) atoms. The van der Waals surface area contributed by atoms with Gasteiger partial charge in [0, 0.05) is 12.5 Å². The first kappa shape index (κ1) is 13.5. The SMILES string of the molecule is CCC(CC1CC1)NCCCCCC(=O)O. The van der Waals surface area contributed by atoms with E-state index in [1.165, 1.54) is 25.7 Å². The quantitative estimate of drug-likeness (QED) is 0.564. The molecule has 1 saturated carbocycles. The van der Waals surface area contributed by atoms with Crippen molar-refractivity contribution in [2.45, 2.75) is 64.3 Å². The molecule has 3 heteroatoms. The van der Waals surface area contributed by atoms with Crippen molar-refractivity contribution in [3.8, 4) is 0 Å². The summed E-state index contributed by atoms with van der Waals surface area (Å²) in [5.74, 6) is 0.317. The first-order chi connectivity index (χ1) is 7.72. The van der Waals surface area contributed by atoms with Crippen molar-refractivity contribution in [2.24, 2.45) is 5.92 Å². The summed E-state index contributed by atoms with van der Waals surface area (Å²) in [5.41, 5.74) is 0. The number of rotatable bonds is 10. The Morgan fingerprint density at radius 1 is 1.38 bits per heavy atom. The summed E-state index contributed by atoms with van der Waals surface area (Å²) in [6, 6.07) is 0.687. The molecule has 3 nitrogen and oxygen atoms in total. The Morgan fingerprint density at radius 2 is 2.12 bits per heavy atom. The topological polar surface area (TPSA) is 49.3 Å². The van der Waals surface area contributed by atoms with E-state index in [9.17, 15) is 4.79 Å². The molecule has 0 amide bonds. The summed E-state index contributed by atoms with van der Waals surface area (Å²) in [6.07, 6.45) is 8.67. The Balaban J connectivity index is 1.89. The minimum absolute atomic E-state index is 0.319. The zero-order valence-electron chi connectivity index (χ0n) is 10.4. The van der Waals surface area contributed by atoms with Gasteiger partial charge < -0.3 is 10.4 Å². The number of carboxylic acid groups (broad SMARTS) is 1. The fraction of sp³-hybridized carbons (Fsp3) is 0.923. The van der Waals surface area contributed by atoms with E-state index in [0.29, 0.717) is 12.5 Å². The molecule has 1 unspecified atom stereocenters. The minimum atomic E-state index is -0.673. The zero-order valence-corrected chi connectivity index (χ0v) is 10.4. The second kappa shape index (κ2) is 7.66. The maximum Gasteiger partial charge on any atom is 0.303 e. The molecule has 1 atom stereocenters. The van der Waals surface area contributed by atoms with E-state index in [1.54, 1.807) is 0 Å². The van der Waals surface area contributed by atoms with Crippen LogP contribution in [0.25, 0.3) is 0 Å². The average Bonchev–Trinajstić information content (AvgIpc) is 3.04. The highest BCUT2D eigenvalue weighted by molar-refractivity contribution is 5.66. The van der Waals surface area contributed by atoms with Gasteiger partial charge in [0.1, 0.15) is 0 Å². The minimum Gasteiger partial charge on any atom is -0.481 e. The number of aliphatic carboxylic acids is 1. The fourth-order valence-electron chi connectivity index (χ4n) is 2.03. The highest BCUT2D eigenvalue weighted by Crippen LogP contribution is 2.33. The Morgan fingerprint density at radius 3 is 2.69 bits per heavy atom. The Hall–Kier alpha value is -0.570. The molecule has 94 valence electrons. The molecule has 0 aromatic rings. The van der Waals surface area contributed by atoms with Crippen LogP contribution in [0.1, 0.15) is 58.3 Å². The maximum atomic E-state index is 10.3. The molecule has 1 fully saturated rings. The third-order valence-corrected chi connectivity index (χ3v) is 3.31. The second-order valence-electron chi connectivity index (χ2n) is 4.94. The van der Waals surface area contributed by atoms with Crippen LogP contribution in [0.3, 0.4) is 0 Å². The van der Waals surface area contributed by atoms with Gasteiger partial charge in [-0.15, -0.1) is 0 Å². The van der Waals surface area contributed by atoms with Crippen LogP contribution in [0.5, 0.6) is 0 Å². The molecular weight excluding hydrogens is 202 g/mol. The van der Waals surface area contributed by atoms with Gasteiger partial charge in [-0.1, -0.05) is 26.2 Å². The van der Waals surface area contributed by atoms with Gasteiger partial charge in [-0.05, 0) is 38.1 Å². The summed E-state index contributed by atoms with van der Waals surface area (Å²) in [4.78, 5) is 10.3. The number of hydrogen-bond donors (Lipinski definition) is 2. The van der Waals surface area contributed by atoms with Crippen molar-refractivity contribution < 1.29 is 9.90 Å². The molecule has 0 aromatic carbocycles. The normalized spacial score (nSPS) is 17.3. The first-order valence-electron chi connectivity index (χ1n) is 6.67. The zero-order chi connectivity index (χ0) is 11.8. The monoisotopic (exact) mass is 227 g/mol. The van der Waals surface area contributed by atoms with Crippen LogP contribution in [0.15, 0.2) is 0 Å². The lowest BCUT2D eigenvalue weighted by Crippen LogP contribution is -2.29. The van der Waals surface area contributed by atoms with Gasteiger partial charge in [-0.3, -0.25) is 4.79 Å². The molecule has 1 rings (SSSR count). The summed E-state index contributed by atoms with van der Waals surface area (Å²) < 4.78 is 0. The summed E-state index contributed by atoms with van der Waals surface area (Å²) in [6.45, 7) is 3.29. The lowest BCUT2D eigenvalue weighted by molar-refractivity contribution is -0.137. The molecule has 2 N–H and O–H groups in total. The van der Waals surface area contributed by atoms with Gasteiger partial charge in [-0.25, -0.2) is 0 Å². The predicted molar refractivity (Wildman–Crippen MR) is 65.5 cm³/mol. The molecule has 0 heterocycles. The smallest absolute Gasteiger partial charge is 0.303 e. The van der Waals surface area contributed by atoms with E-state index in [2.05, 4.69) is 12.2 Å². The van der Waals surface area contributed by atoms with E-state index >= 15 is 0 Å². The summed E-state index contributed by atoms with van der Waals surface area (Å²) in [7, 11) is 0. The van der Waals surface area contributed by atoms with E-state index in [1.807, 2.05) is 0 Å². The average molecular weight is 227 g/mol. The van der Waals surface area contributed by atoms with Crippen LogP contribution in [0, 0.1) is 5.92 Å². The lowest BCUT2D eigenvalue weighted by atomic mass is 10.1. The van der Waals surface area contributed by atoms with Crippen LogP contribution in [-0.2, 0) is 4.79 Å². The number of nitrogens with one attached hydrogen (secondary N) is 1. The van der Waals surface area contributed by atoms with Crippen molar-refractivity contribution in [3.05, 3.63) is 0 Å². The van der Waals surface area contributed by atoms with Crippen LogP contribution >= 0.6 is 0 Å². The largest absolute Gasteiger partial charge is 0.481 e. The van der Waals surface area contributed by atoms with Crippen molar-refractivity contribution in [3.63, 3.8) is 0 Å². The van der Waals surface area contributed by atoms with Crippen molar-refractivity contribution in [1.82, 2.24) is 5.32 Å². The number of carboxylic acids is 1. The third kappa shape index (κ3) is 6.83. The highest BCUT2D eigenvalue weighted by Gasteiger charge is 2.24. The van der Waals surface area contributed by atoms with Crippen LogP contribution < -0.4 is 5.32 Å². The summed E-state index contributed by atoms with van der Waals surface area (Å²) >= 11 is 0. The molecular formula is C13H25NO2. The molecule has 1 aliphatic carbocycles. The molecule has 0 spiro atoms. The molecule has 0 aromatic heterocycles. The van der Waals surface area contributed by atoms with E-state index < -0.39 is 5.97 Å². The van der Waals surface area contributed by atoms with Gasteiger partial charge in [0.05, 0.1) is 0 Å². The third-order valence-electron chi connectivity index (χ3n) is 3.31. The standard InChI is InChI=1S/C13H25NO2/c1-2-12(10-11-7-8-11)14-9-5-3-4-6-13(15)16/h11-12,14H,2-10H2,1H3,(H,15,16). The van der Waals surface area contributed by atoms with E-state index in [4.69, 9.17) is 5.11 Å². The maximum absolute atomic E-state index is 10.3. The van der Waals surface area contributed by atoms with E-state index in [0.717, 1.165) is 31.7 Å². The van der Waals surface area contributed by atoms with Gasteiger partial charge in [0.25, 0.3) is 0 Å². The second-order valence-corrected chi connectivity index (χ2v) is 4.94. The first-order valence-corrected chi connectivity index (χ1v) is 6.67. The van der Waals surface area contributed by atoms with Gasteiger partial charge in [0.15, 0.2) is 0 Å². The lowest BCUT2D eigenvalue weighted by Gasteiger charge is -2.16. The molecule has 1 aliphatic rings. The van der Waals surface area contributed by atoms with Crippen LogP contribution in [-0.4, -0.2) is 23.7 Å². The fourth-order valence-corrected chi connectivity index (χ4v) is 2.03. The number of unbranched alkanes of at least 4 members (excludes halogenated alkanes) is 2.